The molecule has 0 aliphatic rings. The van der Waals surface area contributed by atoms with Gasteiger partial charge in [0.2, 0.25) is 0 Å². The van der Waals surface area contributed by atoms with Crippen molar-refractivity contribution >= 4 is 29.2 Å². The topological polar surface area (TPSA) is 94.4 Å². The van der Waals surface area contributed by atoms with E-state index >= 15 is 0 Å². The Morgan fingerprint density at radius 1 is 1.61 bits per heavy atom. The molecule has 0 amide bonds. The van der Waals surface area contributed by atoms with Gasteiger partial charge in [-0.05, 0) is 6.92 Å². The maximum atomic E-state index is 11.2. The third-order valence-corrected chi connectivity index (χ3v) is 2.78. The number of nitro groups is 1. The summed E-state index contributed by atoms with van der Waals surface area (Å²) in [7, 11) is 1.62. The van der Waals surface area contributed by atoms with Crippen LogP contribution in [0.2, 0.25) is 0 Å². The van der Waals surface area contributed by atoms with Crippen LogP contribution in [0.5, 0.6) is 0 Å². The van der Waals surface area contributed by atoms with Gasteiger partial charge in [-0.15, -0.1) is 0 Å². The summed E-state index contributed by atoms with van der Waals surface area (Å²) in [6.45, 7) is 2.02. The van der Waals surface area contributed by atoms with E-state index in [1.165, 1.54) is 12.1 Å². The smallest absolute Gasteiger partial charge is 0.316 e. The zero-order valence-corrected chi connectivity index (χ0v) is 10.8. The first kappa shape index (κ1) is 14.2. The van der Waals surface area contributed by atoms with Crippen LogP contribution in [0.15, 0.2) is 17.2 Å². The second-order valence-electron chi connectivity index (χ2n) is 3.15. The SMILES string of the molecule is CCOC(=O)CSc1cc([N+](=O)[O-])cc(NC)n1. The number of aromatic nitrogens is 1. The van der Waals surface area contributed by atoms with Crippen LogP contribution in [-0.4, -0.2) is 35.3 Å². The highest BCUT2D eigenvalue weighted by Crippen LogP contribution is 2.24. The summed E-state index contributed by atoms with van der Waals surface area (Å²) in [6, 6.07) is 2.65. The van der Waals surface area contributed by atoms with E-state index in [-0.39, 0.29) is 17.4 Å². The number of carbonyl (C=O) groups excluding carboxylic acids is 1. The summed E-state index contributed by atoms with van der Waals surface area (Å²) >= 11 is 1.10. The normalized spacial score (nSPS) is 9.89. The molecular formula is C10H13N3O4S. The summed E-state index contributed by atoms with van der Waals surface area (Å²) in [5.41, 5.74) is -0.0688. The number of ether oxygens (including phenoxy) is 1. The molecule has 7 nitrogen and oxygen atoms in total. The molecule has 98 valence electrons. The van der Waals surface area contributed by atoms with Gasteiger partial charge in [0.15, 0.2) is 0 Å². The number of hydrogen-bond acceptors (Lipinski definition) is 7. The Labute approximate surface area is 108 Å². The number of carbonyl (C=O) groups is 1. The first-order valence-corrected chi connectivity index (χ1v) is 6.18. The van der Waals surface area contributed by atoms with Gasteiger partial charge in [-0.1, -0.05) is 11.8 Å². The summed E-state index contributed by atoms with van der Waals surface area (Å²) in [6.07, 6.45) is 0. The zero-order valence-electron chi connectivity index (χ0n) is 10.0. The van der Waals surface area contributed by atoms with Crippen LogP contribution in [0.1, 0.15) is 6.92 Å². The van der Waals surface area contributed by atoms with E-state index in [0.29, 0.717) is 17.5 Å². The van der Waals surface area contributed by atoms with Crippen LogP contribution >= 0.6 is 11.8 Å². The Balaban J connectivity index is 2.78. The van der Waals surface area contributed by atoms with Crippen LogP contribution < -0.4 is 5.32 Å². The van der Waals surface area contributed by atoms with E-state index in [1.54, 1.807) is 14.0 Å². The monoisotopic (exact) mass is 271 g/mol. The molecule has 8 heteroatoms. The number of esters is 1. The lowest BCUT2D eigenvalue weighted by Crippen LogP contribution is -2.07. The molecule has 1 N–H and O–H groups in total. The van der Waals surface area contributed by atoms with Gasteiger partial charge in [0.05, 0.1) is 23.3 Å². The van der Waals surface area contributed by atoms with E-state index in [2.05, 4.69) is 10.3 Å². The van der Waals surface area contributed by atoms with E-state index in [0.717, 1.165) is 11.8 Å². The van der Waals surface area contributed by atoms with Gasteiger partial charge in [-0.2, -0.15) is 0 Å². The lowest BCUT2D eigenvalue weighted by atomic mass is 10.4. The van der Waals surface area contributed by atoms with Gasteiger partial charge >= 0.3 is 5.97 Å². The average molecular weight is 271 g/mol. The lowest BCUT2D eigenvalue weighted by molar-refractivity contribution is -0.385. The Hall–Kier alpha value is -1.83. The fourth-order valence-corrected chi connectivity index (χ4v) is 1.85. The first-order chi connectivity index (χ1) is 8.56. The second-order valence-corrected chi connectivity index (χ2v) is 4.15. The number of thioether (sulfide) groups is 1. The molecule has 1 heterocycles. The van der Waals surface area contributed by atoms with Crippen LogP contribution in [-0.2, 0) is 9.53 Å². The standard InChI is InChI=1S/C10H13N3O4S/c1-3-17-10(14)6-18-9-5-7(13(15)16)4-8(11-2)12-9/h4-5H,3,6H2,1-2H3,(H,11,12). The van der Waals surface area contributed by atoms with Gasteiger partial charge in [-0.3, -0.25) is 14.9 Å². The molecule has 1 rings (SSSR count). The number of rotatable bonds is 6. The molecule has 0 unspecified atom stereocenters. The van der Waals surface area contributed by atoms with E-state index in [9.17, 15) is 14.9 Å². The van der Waals surface area contributed by atoms with Crippen molar-refractivity contribution in [2.24, 2.45) is 0 Å². The fourth-order valence-electron chi connectivity index (χ4n) is 1.13. The van der Waals surface area contributed by atoms with E-state index in [1.807, 2.05) is 0 Å². The van der Waals surface area contributed by atoms with Crippen molar-refractivity contribution in [3.8, 4) is 0 Å². The highest BCUT2D eigenvalue weighted by Gasteiger charge is 2.12. The molecule has 0 bridgehead atoms. The molecule has 18 heavy (non-hydrogen) atoms. The second kappa shape index (κ2) is 6.80. The molecule has 0 aromatic carbocycles. The Morgan fingerprint density at radius 2 is 2.33 bits per heavy atom. The van der Waals surface area contributed by atoms with Crippen molar-refractivity contribution in [2.75, 3.05) is 24.7 Å². The molecule has 0 saturated carbocycles. The lowest BCUT2D eigenvalue weighted by Gasteiger charge is -2.04. The molecule has 0 aliphatic carbocycles. The molecule has 0 aliphatic heterocycles. The van der Waals surface area contributed by atoms with Crippen LogP contribution in [0, 0.1) is 10.1 Å². The number of hydrogen-bond donors (Lipinski definition) is 1. The van der Waals surface area contributed by atoms with Crippen molar-refractivity contribution in [1.82, 2.24) is 4.98 Å². The van der Waals surface area contributed by atoms with E-state index in [4.69, 9.17) is 4.74 Å². The molecule has 0 fully saturated rings. The molecule has 1 aromatic heterocycles. The summed E-state index contributed by atoms with van der Waals surface area (Å²) in [5.74, 6) is 0.0860. The molecule has 0 saturated heterocycles. The summed E-state index contributed by atoms with van der Waals surface area (Å²) in [5, 5.41) is 13.8. The van der Waals surface area contributed by atoms with Gasteiger partial charge in [0, 0.05) is 13.1 Å². The average Bonchev–Trinajstić information content (AvgIpc) is 2.36. The van der Waals surface area contributed by atoms with Crippen molar-refractivity contribution in [3.05, 3.63) is 22.2 Å². The van der Waals surface area contributed by atoms with Crippen molar-refractivity contribution < 1.29 is 14.5 Å². The minimum atomic E-state index is -0.503. The largest absolute Gasteiger partial charge is 0.465 e. The van der Waals surface area contributed by atoms with Crippen molar-refractivity contribution in [3.63, 3.8) is 0 Å². The third kappa shape index (κ3) is 4.21. The fraction of sp³-hybridized carbons (Fsp3) is 0.400. The molecule has 0 spiro atoms. The van der Waals surface area contributed by atoms with Crippen LogP contribution in [0.25, 0.3) is 0 Å². The number of nitrogens with one attached hydrogen (secondary N) is 1. The molecular weight excluding hydrogens is 258 g/mol. The van der Waals surface area contributed by atoms with Crippen molar-refractivity contribution in [2.45, 2.75) is 11.9 Å². The maximum absolute atomic E-state index is 11.2. The van der Waals surface area contributed by atoms with Crippen LogP contribution in [0.4, 0.5) is 11.5 Å². The Kier molecular flexibility index (Phi) is 5.37. The Bertz CT molecular complexity index is 453. The minimum absolute atomic E-state index is 0.0688. The molecule has 0 radical (unpaired) electrons. The van der Waals surface area contributed by atoms with Crippen molar-refractivity contribution in [1.29, 1.82) is 0 Å². The highest BCUT2D eigenvalue weighted by atomic mass is 32.2. The summed E-state index contributed by atoms with van der Waals surface area (Å²) < 4.78 is 4.76. The zero-order chi connectivity index (χ0) is 13.5. The highest BCUT2D eigenvalue weighted by molar-refractivity contribution is 7.99. The number of pyridine rings is 1. The number of nitrogens with zero attached hydrogens (tertiary/aromatic N) is 2. The molecule has 0 atom stereocenters. The Morgan fingerprint density at radius 3 is 2.89 bits per heavy atom. The van der Waals surface area contributed by atoms with Gasteiger partial charge in [-0.25, -0.2) is 4.98 Å². The number of anilines is 1. The summed E-state index contributed by atoms with van der Waals surface area (Å²) in [4.78, 5) is 25.5. The van der Waals surface area contributed by atoms with Crippen LogP contribution in [0.3, 0.4) is 0 Å². The van der Waals surface area contributed by atoms with Gasteiger partial charge in [0.1, 0.15) is 10.8 Å². The van der Waals surface area contributed by atoms with Gasteiger partial charge < -0.3 is 10.1 Å². The van der Waals surface area contributed by atoms with E-state index < -0.39 is 4.92 Å². The quantitative estimate of drug-likeness (QED) is 0.364. The maximum Gasteiger partial charge on any atom is 0.316 e. The first-order valence-electron chi connectivity index (χ1n) is 5.19. The predicted octanol–water partition coefficient (Wildman–Crippen LogP) is 1.69. The minimum Gasteiger partial charge on any atom is -0.465 e. The predicted molar refractivity (Wildman–Crippen MR) is 67.8 cm³/mol. The van der Waals surface area contributed by atoms with Gasteiger partial charge in [0.25, 0.3) is 5.69 Å². The third-order valence-electron chi connectivity index (χ3n) is 1.90. The molecule has 1 aromatic rings.